The number of nitro groups is 2. The summed E-state index contributed by atoms with van der Waals surface area (Å²) in [5.41, 5.74) is -1.45. The highest BCUT2D eigenvalue weighted by atomic mass is 19.4. The summed E-state index contributed by atoms with van der Waals surface area (Å²) in [5.74, 6) is -1.34. The van der Waals surface area contributed by atoms with Crippen molar-refractivity contribution < 1.29 is 32.5 Å². The fraction of sp³-hybridized carbons (Fsp3) is 0.158. The molecular formula is C19H14F3N5O6. The van der Waals surface area contributed by atoms with Gasteiger partial charge in [-0.3, -0.25) is 14.9 Å². The molecule has 11 nitrogen and oxygen atoms in total. The first-order chi connectivity index (χ1) is 15.5. The van der Waals surface area contributed by atoms with Gasteiger partial charge in [0, 0.05) is 18.6 Å². The van der Waals surface area contributed by atoms with Crippen molar-refractivity contribution in [2.24, 2.45) is 0 Å². The summed E-state index contributed by atoms with van der Waals surface area (Å²) in [7, 11) is 0. The smallest absolute Gasteiger partial charge is 0.416 e. The Morgan fingerprint density at radius 1 is 1.06 bits per heavy atom. The molecule has 3 aromatic rings. The molecule has 0 saturated carbocycles. The van der Waals surface area contributed by atoms with Crippen molar-refractivity contribution in [2.45, 2.75) is 19.1 Å². The van der Waals surface area contributed by atoms with E-state index in [1.807, 2.05) is 0 Å². The number of rotatable bonds is 8. The standard InChI is InChI=1S/C19H14F3N5O6/c20-19(21,22)12-2-1-3-15(8-12)33-16-10-13(9-14(11-16)26(29)30)23-18(28)5-7-25-6-4-17(24-25)27(31)32/h1-4,6,8-11H,5,7H2,(H,23,28). The number of nitrogens with one attached hydrogen (secondary N) is 1. The molecule has 0 atom stereocenters. The predicted octanol–water partition coefficient (Wildman–Crippen LogP) is 4.54. The topological polar surface area (TPSA) is 142 Å². The number of nitrogens with zero attached hydrogens (tertiary/aromatic N) is 4. The van der Waals surface area contributed by atoms with Crippen molar-refractivity contribution in [3.63, 3.8) is 0 Å². The molecule has 3 rings (SSSR count). The minimum Gasteiger partial charge on any atom is -0.457 e. The van der Waals surface area contributed by atoms with Crippen LogP contribution in [0.5, 0.6) is 11.5 Å². The number of anilines is 1. The number of carbonyl (C=O) groups is 1. The van der Waals surface area contributed by atoms with E-state index in [-0.39, 0.29) is 36.0 Å². The number of non-ortho nitro benzene ring substituents is 1. The van der Waals surface area contributed by atoms with Crippen molar-refractivity contribution in [3.8, 4) is 11.5 Å². The first kappa shape index (κ1) is 23.2. The molecule has 0 radical (unpaired) electrons. The third-order valence-corrected chi connectivity index (χ3v) is 4.16. The largest absolute Gasteiger partial charge is 0.457 e. The molecule has 0 saturated heterocycles. The van der Waals surface area contributed by atoms with Gasteiger partial charge in [-0.2, -0.15) is 17.9 Å². The Morgan fingerprint density at radius 3 is 2.45 bits per heavy atom. The van der Waals surface area contributed by atoms with Crippen LogP contribution in [0.2, 0.25) is 0 Å². The lowest BCUT2D eigenvalue weighted by atomic mass is 10.2. The zero-order chi connectivity index (χ0) is 24.2. The normalized spacial score (nSPS) is 11.1. The van der Waals surface area contributed by atoms with E-state index >= 15 is 0 Å². The molecule has 0 aliphatic heterocycles. The summed E-state index contributed by atoms with van der Waals surface area (Å²) >= 11 is 0. The molecule has 0 unspecified atom stereocenters. The fourth-order valence-electron chi connectivity index (χ4n) is 2.70. The average molecular weight is 465 g/mol. The maximum atomic E-state index is 12.9. The highest BCUT2D eigenvalue weighted by Gasteiger charge is 2.30. The number of nitro benzene ring substituents is 1. The number of carbonyl (C=O) groups excluding carboxylic acids is 1. The summed E-state index contributed by atoms with van der Waals surface area (Å²) in [6.45, 7) is 0.00217. The van der Waals surface area contributed by atoms with E-state index in [9.17, 15) is 38.2 Å². The van der Waals surface area contributed by atoms with Gasteiger partial charge in [0.25, 0.3) is 5.69 Å². The Bertz CT molecular complexity index is 1210. The number of halogens is 3. The zero-order valence-electron chi connectivity index (χ0n) is 16.5. The van der Waals surface area contributed by atoms with Crippen LogP contribution in [0.1, 0.15) is 12.0 Å². The lowest BCUT2D eigenvalue weighted by Crippen LogP contribution is -2.15. The summed E-state index contributed by atoms with van der Waals surface area (Å²) in [6.07, 6.45) is -3.44. The number of benzene rings is 2. The van der Waals surface area contributed by atoms with Crippen molar-refractivity contribution >= 4 is 23.1 Å². The minimum atomic E-state index is -4.60. The Balaban J connectivity index is 1.73. The lowest BCUT2D eigenvalue weighted by Gasteiger charge is -2.11. The maximum absolute atomic E-state index is 12.9. The molecule has 0 fully saturated rings. The van der Waals surface area contributed by atoms with E-state index in [4.69, 9.17) is 4.74 Å². The van der Waals surface area contributed by atoms with Crippen LogP contribution >= 0.6 is 0 Å². The second kappa shape index (κ2) is 9.33. The highest BCUT2D eigenvalue weighted by molar-refractivity contribution is 5.91. The van der Waals surface area contributed by atoms with Gasteiger partial charge in [-0.15, -0.1) is 0 Å². The predicted molar refractivity (Wildman–Crippen MR) is 107 cm³/mol. The van der Waals surface area contributed by atoms with Gasteiger partial charge in [-0.25, -0.2) is 0 Å². The molecule has 172 valence electrons. The number of hydrogen-bond donors (Lipinski definition) is 1. The number of aromatic nitrogens is 2. The molecule has 0 aliphatic rings. The number of aryl methyl sites for hydroxylation is 1. The molecular weight excluding hydrogens is 451 g/mol. The number of hydrogen-bond acceptors (Lipinski definition) is 7. The second-order valence-corrected chi connectivity index (χ2v) is 6.59. The van der Waals surface area contributed by atoms with Crippen molar-refractivity contribution in [2.75, 3.05) is 5.32 Å². The molecule has 14 heteroatoms. The molecule has 1 N–H and O–H groups in total. The van der Waals surface area contributed by atoms with Crippen LogP contribution in [0.15, 0.2) is 54.7 Å². The fourth-order valence-corrected chi connectivity index (χ4v) is 2.70. The summed E-state index contributed by atoms with van der Waals surface area (Å²) in [5, 5.41) is 27.9. The Morgan fingerprint density at radius 2 is 1.82 bits per heavy atom. The highest BCUT2D eigenvalue weighted by Crippen LogP contribution is 2.34. The Labute approximate surface area is 182 Å². The molecule has 0 bridgehead atoms. The molecule has 0 aliphatic carbocycles. The van der Waals surface area contributed by atoms with Gasteiger partial charge in [0.2, 0.25) is 5.91 Å². The Kier molecular flexibility index (Phi) is 6.56. The molecule has 33 heavy (non-hydrogen) atoms. The maximum Gasteiger partial charge on any atom is 0.416 e. The van der Waals surface area contributed by atoms with E-state index in [0.717, 1.165) is 36.4 Å². The first-order valence-electron chi connectivity index (χ1n) is 9.13. The third kappa shape index (κ3) is 6.25. The Hall–Kier alpha value is -4.49. The van der Waals surface area contributed by atoms with Gasteiger partial charge >= 0.3 is 12.0 Å². The van der Waals surface area contributed by atoms with Gasteiger partial charge in [-0.1, -0.05) is 6.07 Å². The number of amides is 1. The first-order valence-corrected chi connectivity index (χ1v) is 9.13. The van der Waals surface area contributed by atoms with Gasteiger partial charge in [0.1, 0.15) is 11.5 Å². The van der Waals surface area contributed by atoms with Crippen LogP contribution < -0.4 is 10.1 Å². The molecule has 2 aromatic carbocycles. The average Bonchev–Trinajstić information content (AvgIpc) is 3.21. The summed E-state index contributed by atoms with van der Waals surface area (Å²) in [4.78, 5) is 32.6. The SMILES string of the molecule is O=C(CCn1ccc([N+](=O)[O-])n1)Nc1cc(Oc2cccc(C(F)(F)F)c2)cc([N+](=O)[O-])c1. The molecule has 1 heterocycles. The van der Waals surface area contributed by atoms with Crippen molar-refractivity contribution in [3.05, 3.63) is 80.5 Å². The molecule has 1 aromatic heterocycles. The molecule has 0 spiro atoms. The van der Waals surface area contributed by atoms with E-state index in [1.165, 1.54) is 23.0 Å². The monoisotopic (exact) mass is 465 g/mol. The van der Waals surface area contributed by atoms with Crippen molar-refractivity contribution in [1.82, 2.24) is 9.78 Å². The van der Waals surface area contributed by atoms with Crippen LogP contribution in [0.4, 0.5) is 30.4 Å². The van der Waals surface area contributed by atoms with E-state index < -0.39 is 33.2 Å². The van der Waals surface area contributed by atoms with Crippen molar-refractivity contribution in [1.29, 1.82) is 0 Å². The lowest BCUT2D eigenvalue weighted by molar-refractivity contribution is -0.389. The molecule has 1 amide bonds. The summed E-state index contributed by atoms with van der Waals surface area (Å²) in [6, 6.07) is 8.38. The van der Waals surface area contributed by atoms with Crippen LogP contribution in [-0.4, -0.2) is 25.5 Å². The van der Waals surface area contributed by atoms with Crippen LogP contribution in [0.25, 0.3) is 0 Å². The number of ether oxygens (including phenoxy) is 1. The van der Waals surface area contributed by atoms with Gasteiger partial charge in [0.15, 0.2) is 0 Å². The van der Waals surface area contributed by atoms with Crippen LogP contribution in [0.3, 0.4) is 0 Å². The summed E-state index contributed by atoms with van der Waals surface area (Å²) < 4.78 is 45.2. The quantitative estimate of drug-likeness (QED) is 0.380. The van der Waals surface area contributed by atoms with Crippen LogP contribution in [0, 0.1) is 20.2 Å². The minimum absolute atomic E-state index is 0.00217. The van der Waals surface area contributed by atoms with Gasteiger partial charge in [0.05, 0.1) is 46.1 Å². The van der Waals surface area contributed by atoms with E-state index in [0.29, 0.717) is 0 Å². The van der Waals surface area contributed by atoms with E-state index in [2.05, 4.69) is 10.4 Å². The third-order valence-electron chi connectivity index (χ3n) is 4.16. The number of alkyl halides is 3. The van der Waals surface area contributed by atoms with E-state index in [1.54, 1.807) is 0 Å². The van der Waals surface area contributed by atoms with Gasteiger partial charge in [-0.05, 0) is 23.1 Å². The zero-order valence-corrected chi connectivity index (χ0v) is 16.5. The van der Waals surface area contributed by atoms with Gasteiger partial charge < -0.3 is 20.2 Å². The van der Waals surface area contributed by atoms with Crippen LogP contribution in [-0.2, 0) is 17.5 Å². The second-order valence-electron chi connectivity index (χ2n) is 6.59.